The molecule has 6 heteroatoms. The molecule has 0 radical (unpaired) electrons. The van der Waals surface area contributed by atoms with Crippen LogP contribution in [0.4, 0.5) is 15.8 Å². The Labute approximate surface area is 195 Å². The summed E-state index contributed by atoms with van der Waals surface area (Å²) in [4.78, 5) is 19.6. The molecule has 1 unspecified atom stereocenters. The summed E-state index contributed by atoms with van der Waals surface area (Å²) in [6, 6.07) is 13.1. The molecule has 1 aliphatic carbocycles. The van der Waals surface area contributed by atoms with Crippen LogP contribution in [0.25, 0.3) is 0 Å². The van der Waals surface area contributed by atoms with Crippen molar-refractivity contribution in [3.8, 4) is 0 Å². The highest BCUT2D eigenvalue weighted by molar-refractivity contribution is 5.97. The van der Waals surface area contributed by atoms with E-state index in [4.69, 9.17) is 0 Å². The number of carbonyl (C=O) groups excluding carboxylic acids is 1. The molecule has 2 aromatic carbocycles. The molecule has 2 saturated heterocycles. The van der Waals surface area contributed by atoms with E-state index < -0.39 is 5.60 Å². The van der Waals surface area contributed by atoms with Crippen LogP contribution < -0.4 is 9.80 Å². The van der Waals surface area contributed by atoms with Gasteiger partial charge >= 0.3 is 0 Å². The number of nitrogens with zero attached hydrogens (tertiary/aromatic N) is 3. The van der Waals surface area contributed by atoms with Crippen molar-refractivity contribution in [2.24, 2.45) is 5.92 Å². The number of hydrogen-bond donors (Lipinski definition) is 1. The summed E-state index contributed by atoms with van der Waals surface area (Å²) in [6.07, 6.45) is 4.86. The Morgan fingerprint density at radius 2 is 1.70 bits per heavy atom. The Morgan fingerprint density at radius 1 is 1.00 bits per heavy atom. The third kappa shape index (κ3) is 4.38. The molecular formula is C27H34FN3O2. The van der Waals surface area contributed by atoms with Gasteiger partial charge in [0, 0.05) is 55.6 Å². The van der Waals surface area contributed by atoms with Crippen LogP contribution >= 0.6 is 0 Å². The number of aliphatic hydroxyl groups is 1. The van der Waals surface area contributed by atoms with Crippen LogP contribution in [0.3, 0.4) is 0 Å². The second-order valence-electron chi connectivity index (χ2n) is 9.99. The van der Waals surface area contributed by atoms with E-state index in [-0.39, 0.29) is 17.6 Å². The van der Waals surface area contributed by atoms with Gasteiger partial charge in [0.15, 0.2) is 0 Å². The number of rotatable bonds is 5. The van der Waals surface area contributed by atoms with E-state index in [1.54, 1.807) is 6.07 Å². The van der Waals surface area contributed by atoms with Crippen LogP contribution in [-0.4, -0.2) is 55.7 Å². The van der Waals surface area contributed by atoms with Crippen LogP contribution in [0.15, 0.2) is 42.5 Å². The largest absolute Gasteiger partial charge is 0.385 e. The summed E-state index contributed by atoms with van der Waals surface area (Å²) in [5, 5.41) is 10.8. The second kappa shape index (κ2) is 9.07. The molecule has 1 amide bonds. The zero-order valence-electron chi connectivity index (χ0n) is 19.5. The highest BCUT2D eigenvalue weighted by Crippen LogP contribution is 2.39. The first-order valence-electron chi connectivity index (χ1n) is 12.3. The Balaban J connectivity index is 1.30. The fourth-order valence-electron chi connectivity index (χ4n) is 5.72. The molecule has 1 saturated carbocycles. The molecule has 0 bridgehead atoms. The number of halogens is 1. The van der Waals surface area contributed by atoms with E-state index in [0.717, 1.165) is 75.2 Å². The number of anilines is 2. The lowest BCUT2D eigenvalue weighted by molar-refractivity contribution is -0.120. The quantitative estimate of drug-likeness (QED) is 0.748. The predicted molar refractivity (Wildman–Crippen MR) is 129 cm³/mol. The van der Waals surface area contributed by atoms with Gasteiger partial charge in [0.1, 0.15) is 5.82 Å². The number of piperazine rings is 1. The molecule has 33 heavy (non-hydrogen) atoms. The van der Waals surface area contributed by atoms with Crippen LogP contribution in [0.2, 0.25) is 0 Å². The average Bonchev–Trinajstić information content (AvgIpc) is 3.42. The molecule has 2 aromatic rings. The molecule has 3 aliphatic rings. The van der Waals surface area contributed by atoms with E-state index in [2.05, 4.69) is 16.8 Å². The van der Waals surface area contributed by atoms with Crippen molar-refractivity contribution in [3.05, 3.63) is 59.4 Å². The number of benzene rings is 2. The van der Waals surface area contributed by atoms with Gasteiger partial charge in [-0.25, -0.2) is 4.39 Å². The number of carbonyl (C=O) groups is 1. The number of hydrogen-bond acceptors (Lipinski definition) is 4. The minimum atomic E-state index is -0.722. The highest BCUT2D eigenvalue weighted by atomic mass is 19.1. The van der Waals surface area contributed by atoms with E-state index in [0.29, 0.717) is 18.5 Å². The lowest BCUT2D eigenvalue weighted by Crippen LogP contribution is -2.45. The number of amides is 1. The predicted octanol–water partition coefficient (Wildman–Crippen LogP) is 3.93. The first kappa shape index (κ1) is 22.4. The van der Waals surface area contributed by atoms with Crippen LogP contribution in [0.1, 0.15) is 43.2 Å². The Hall–Kier alpha value is -2.44. The van der Waals surface area contributed by atoms with E-state index in [1.165, 1.54) is 6.07 Å². The first-order valence-corrected chi connectivity index (χ1v) is 12.3. The third-order valence-electron chi connectivity index (χ3n) is 7.85. The normalized spacial score (nSPS) is 23.5. The van der Waals surface area contributed by atoms with E-state index in [1.807, 2.05) is 35.2 Å². The van der Waals surface area contributed by atoms with Gasteiger partial charge < -0.3 is 19.8 Å². The van der Waals surface area contributed by atoms with E-state index >= 15 is 0 Å². The van der Waals surface area contributed by atoms with Gasteiger partial charge in [-0.3, -0.25) is 4.79 Å². The van der Waals surface area contributed by atoms with E-state index in [9.17, 15) is 14.3 Å². The lowest BCUT2D eigenvalue weighted by Gasteiger charge is -2.35. The second-order valence-corrected chi connectivity index (χ2v) is 9.99. The Bertz CT molecular complexity index is 995. The van der Waals surface area contributed by atoms with Gasteiger partial charge in [-0.2, -0.15) is 0 Å². The molecule has 1 N–H and O–H groups in total. The molecule has 176 valence electrons. The summed E-state index contributed by atoms with van der Waals surface area (Å²) in [6.45, 7) is 4.30. The number of likely N-dealkylation sites (N-methyl/N-ethyl adjacent to an activating group) is 1. The highest BCUT2D eigenvalue weighted by Gasteiger charge is 2.36. The van der Waals surface area contributed by atoms with Gasteiger partial charge in [-0.1, -0.05) is 31.0 Å². The fraction of sp³-hybridized carbons (Fsp3) is 0.519. The first-order chi connectivity index (χ1) is 15.9. The molecule has 0 spiro atoms. The zero-order chi connectivity index (χ0) is 23.0. The van der Waals surface area contributed by atoms with Gasteiger partial charge in [0.05, 0.1) is 5.60 Å². The van der Waals surface area contributed by atoms with Crippen LogP contribution in [0.5, 0.6) is 0 Å². The monoisotopic (exact) mass is 451 g/mol. The standard InChI is InChI=1S/C27H34FN3O2/c1-29-15-17-30(18-16-29)25-6-4-5-24(28)23(25)19-20-11-14-31(26(20)32)22-9-7-21(8-10-22)27(33)12-2-3-13-27/h4-10,20,33H,2-3,11-19H2,1H3. The van der Waals surface area contributed by atoms with Crippen LogP contribution in [-0.2, 0) is 16.8 Å². The molecular weight excluding hydrogens is 417 g/mol. The third-order valence-corrected chi connectivity index (χ3v) is 7.85. The molecule has 5 nitrogen and oxygen atoms in total. The van der Waals surface area contributed by atoms with Gasteiger partial charge in [0.25, 0.3) is 0 Å². The summed E-state index contributed by atoms with van der Waals surface area (Å²) in [5.41, 5.74) is 2.68. The molecule has 2 aliphatic heterocycles. The summed E-state index contributed by atoms with van der Waals surface area (Å²) in [7, 11) is 2.11. The summed E-state index contributed by atoms with van der Waals surface area (Å²) >= 11 is 0. The minimum Gasteiger partial charge on any atom is -0.385 e. The van der Waals surface area contributed by atoms with Gasteiger partial charge in [0.2, 0.25) is 5.91 Å². The van der Waals surface area contributed by atoms with Gasteiger partial charge in [-0.05, 0) is 62.6 Å². The SMILES string of the molecule is CN1CCN(c2cccc(F)c2CC2CCN(c3ccc(C4(O)CCCC4)cc3)C2=O)CC1. The molecule has 0 aromatic heterocycles. The Morgan fingerprint density at radius 3 is 2.39 bits per heavy atom. The fourth-order valence-corrected chi connectivity index (χ4v) is 5.72. The van der Waals surface area contributed by atoms with Crippen LogP contribution in [0, 0.1) is 11.7 Å². The molecule has 5 rings (SSSR count). The zero-order valence-corrected chi connectivity index (χ0v) is 19.5. The minimum absolute atomic E-state index is 0.0647. The van der Waals surface area contributed by atoms with Gasteiger partial charge in [-0.15, -0.1) is 0 Å². The van der Waals surface area contributed by atoms with Crippen molar-refractivity contribution in [2.75, 3.05) is 49.6 Å². The maximum absolute atomic E-state index is 14.9. The molecule has 2 heterocycles. The van der Waals surface area contributed by atoms with Crippen molar-refractivity contribution >= 4 is 17.3 Å². The summed E-state index contributed by atoms with van der Waals surface area (Å²) < 4.78 is 14.9. The molecule has 1 atom stereocenters. The Kier molecular flexibility index (Phi) is 6.14. The van der Waals surface area contributed by atoms with Crippen molar-refractivity contribution in [3.63, 3.8) is 0 Å². The van der Waals surface area contributed by atoms with Crippen molar-refractivity contribution in [1.82, 2.24) is 4.90 Å². The topological polar surface area (TPSA) is 47.0 Å². The average molecular weight is 452 g/mol. The lowest BCUT2D eigenvalue weighted by atomic mass is 9.92. The van der Waals surface area contributed by atoms with Crippen molar-refractivity contribution in [2.45, 2.75) is 44.1 Å². The van der Waals surface area contributed by atoms with Crippen molar-refractivity contribution in [1.29, 1.82) is 0 Å². The maximum atomic E-state index is 14.9. The smallest absolute Gasteiger partial charge is 0.230 e. The maximum Gasteiger partial charge on any atom is 0.230 e. The summed E-state index contributed by atoms with van der Waals surface area (Å²) in [5.74, 6) is -0.367. The molecule has 3 fully saturated rings. The van der Waals surface area contributed by atoms with Crippen molar-refractivity contribution < 1.29 is 14.3 Å².